The van der Waals surface area contributed by atoms with Gasteiger partial charge < -0.3 is 10.1 Å². The van der Waals surface area contributed by atoms with E-state index in [9.17, 15) is 4.79 Å². The Morgan fingerprint density at radius 3 is 2.39 bits per heavy atom. The minimum absolute atomic E-state index is 0.0237. The summed E-state index contributed by atoms with van der Waals surface area (Å²) in [6, 6.07) is 10.7. The highest BCUT2D eigenvalue weighted by molar-refractivity contribution is 5.75. The summed E-state index contributed by atoms with van der Waals surface area (Å²) in [5.41, 5.74) is 2.85. The van der Waals surface area contributed by atoms with Crippen molar-refractivity contribution >= 4 is 5.91 Å². The molecule has 1 N–H and O–H groups in total. The molecule has 1 fully saturated rings. The predicted octanol–water partition coefficient (Wildman–Crippen LogP) is 2.07. The summed E-state index contributed by atoms with van der Waals surface area (Å²) in [5.74, 6) is -0.0887. The predicted molar refractivity (Wildman–Crippen MR) is 67.3 cm³/mol. The monoisotopic (exact) mass is 244 g/mol. The van der Waals surface area contributed by atoms with Gasteiger partial charge in [0.15, 0.2) is 0 Å². The summed E-state index contributed by atoms with van der Waals surface area (Å²) in [4.78, 5) is 10.6. The first-order valence-electron chi connectivity index (χ1n) is 6.08. The second-order valence-electron chi connectivity index (χ2n) is 4.49. The quantitative estimate of drug-likeness (QED) is 0.835. The van der Waals surface area contributed by atoms with Crippen LogP contribution < -0.4 is 5.32 Å². The Bertz CT molecular complexity index is 441. The van der Waals surface area contributed by atoms with E-state index in [1.807, 2.05) is 0 Å². The van der Waals surface area contributed by atoms with Crippen LogP contribution in [0.2, 0.25) is 0 Å². The van der Waals surface area contributed by atoms with Gasteiger partial charge in [-0.15, -0.1) is 0 Å². The molecule has 3 rings (SSSR count). The molecule has 18 heavy (non-hydrogen) atoms. The molecule has 4 nitrogen and oxygen atoms in total. The third-order valence-electron chi connectivity index (χ3n) is 3.05. The van der Waals surface area contributed by atoms with Gasteiger partial charge in [-0.3, -0.25) is 4.79 Å². The van der Waals surface area contributed by atoms with E-state index in [4.69, 9.17) is 10.00 Å². The fourth-order valence-electron chi connectivity index (χ4n) is 1.90. The number of carbonyl (C=O) groups is 1. The van der Waals surface area contributed by atoms with Crippen molar-refractivity contribution < 1.29 is 9.53 Å². The van der Waals surface area contributed by atoms with E-state index in [1.54, 1.807) is 0 Å². The minimum atomic E-state index is -0.263. The van der Waals surface area contributed by atoms with Gasteiger partial charge in [0.2, 0.25) is 5.91 Å². The van der Waals surface area contributed by atoms with Crippen molar-refractivity contribution in [2.45, 2.75) is 26.0 Å². The van der Waals surface area contributed by atoms with Gasteiger partial charge in [0, 0.05) is 13.3 Å². The van der Waals surface area contributed by atoms with Gasteiger partial charge in [-0.05, 0) is 17.5 Å². The molecule has 0 spiro atoms. The van der Waals surface area contributed by atoms with E-state index in [-0.39, 0.29) is 18.1 Å². The van der Waals surface area contributed by atoms with Crippen molar-refractivity contribution in [2.75, 3.05) is 6.61 Å². The first-order chi connectivity index (χ1) is 8.69. The molecule has 2 atom stereocenters. The highest BCUT2D eigenvalue weighted by Crippen LogP contribution is 2.29. The van der Waals surface area contributed by atoms with Gasteiger partial charge in [0.1, 0.15) is 6.23 Å². The molecule has 0 aromatic rings. The highest BCUT2D eigenvalue weighted by Gasteiger charge is 2.22. The molecule has 0 radical (unpaired) electrons. The molecule has 1 amide bonds. The molecular weight excluding hydrogens is 228 g/mol. The van der Waals surface area contributed by atoms with Gasteiger partial charge >= 0.3 is 0 Å². The van der Waals surface area contributed by atoms with Gasteiger partial charge in [0.05, 0.1) is 18.6 Å². The zero-order valence-electron chi connectivity index (χ0n) is 10.3. The van der Waals surface area contributed by atoms with Gasteiger partial charge in [-0.2, -0.15) is 5.26 Å². The summed E-state index contributed by atoms with van der Waals surface area (Å²) < 4.78 is 5.24. The molecule has 0 bridgehead atoms. The van der Waals surface area contributed by atoms with E-state index in [0.717, 1.165) is 6.42 Å². The number of nitriles is 1. The van der Waals surface area contributed by atoms with Crippen molar-refractivity contribution in [3.63, 3.8) is 0 Å². The largest absolute Gasteiger partial charge is 0.358 e. The normalized spacial score (nSPS) is 23.1. The van der Waals surface area contributed by atoms with E-state index in [0.29, 0.717) is 13.0 Å². The van der Waals surface area contributed by atoms with Crippen LogP contribution in [0, 0.1) is 17.2 Å². The second kappa shape index (κ2) is 5.65. The lowest BCUT2D eigenvalue weighted by Crippen LogP contribution is -2.40. The maximum Gasteiger partial charge on any atom is 0.218 e. The lowest BCUT2D eigenvalue weighted by Gasteiger charge is -2.25. The standard InChI is InChI=1S/C8H12N2O2.C6H4/c1-6(11)10-8-4-7(5-9)2-3-12-8;1-2-6-4-3-5(1)6/h7-8H,2-4H2,1H3,(H,10,11);1-4H. The zero-order valence-corrected chi connectivity index (χ0v) is 10.3. The van der Waals surface area contributed by atoms with Crippen LogP contribution in [0.15, 0.2) is 24.3 Å². The smallest absolute Gasteiger partial charge is 0.218 e. The van der Waals surface area contributed by atoms with Crippen LogP contribution in [-0.2, 0) is 9.53 Å². The topological polar surface area (TPSA) is 62.1 Å². The molecule has 1 heterocycles. The van der Waals surface area contributed by atoms with E-state index >= 15 is 0 Å². The summed E-state index contributed by atoms with van der Waals surface area (Å²) in [6.07, 6.45) is 1.11. The first-order valence-corrected chi connectivity index (χ1v) is 6.08. The highest BCUT2D eigenvalue weighted by atomic mass is 16.5. The van der Waals surface area contributed by atoms with E-state index in [1.165, 1.54) is 18.1 Å². The van der Waals surface area contributed by atoms with Crippen LogP contribution in [0.25, 0.3) is 11.1 Å². The molecule has 3 aliphatic rings. The molecular formula is C14H16N2O2. The number of fused-ring (bicyclic) bond motifs is 1. The van der Waals surface area contributed by atoms with Gasteiger partial charge in [-0.25, -0.2) is 0 Å². The molecule has 0 saturated carbocycles. The number of hydrogen-bond acceptors (Lipinski definition) is 3. The number of rotatable bonds is 1. The Balaban J connectivity index is 0.000000164. The van der Waals surface area contributed by atoms with Crippen molar-refractivity contribution in [3.8, 4) is 17.2 Å². The molecule has 0 aromatic heterocycles. The number of amides is 1. The van der Waals surface area contributed by atoms with Crippen molar-refractivity contribution in [1.29, 1.82) is 5.26 Å². The lowest BCUT2D eigenvalue weighted by molar-refractivity contribution is -0.125. The van der Waals surface area contributed by atoms with Crippen molar-refractivity contribution in [2.24, 2.45) is 5.92 Å². The third-order valence-corrected chi connectivity index (χ3v) is 3.05. The number of nitrogens with one attached hydrogen (secondary N) is 1. The summed E-state index contributed by atoms with van der Waals surface area (Å²) in [6.45, 7) is 2.00. The molecule has 0 aromatic carbocycles. The number of ether oxygens (including phenoxy) is 1. The minimum Gasteiger partial charge on any atom is -0.358 e. The Morgan fingerprint density at radius 1 is 1.39 bits per heavy atom. The lowest BCUT2D eigenvalue weighted by atomic mass is 9.95. The fraction of sp³-hybridized carbons (Fsp3) is 0.429. The average Bonchev–Trinajstić information content (AvgIpc) is 2.34. The second-order valence-corrected chi connectivity index (χ2v) is 4.49. The van der Waals surface area contributed by atoms with Gasteiger partial charge in [-0.1, -0.05) is 24.3 Å². The molecule has 1 aliphatic heterocycles. The number of hydrogen-bond donors (Lipinski definition) is 1. The average molecular weight is 244 g/mol. The van der Waals surface area contributed by atoms with Crippen molar-refractivity contribution in [1.82, 2.24) is 5.32 Å². The van der Waals surface area contributed by atoms with E-state index in [2.05, 4.69) is 35.7 Å². The zero-order chi connectivity index (χ0) is 13.0. The molecule has 2 unspecified atom stereocenters. The maximum absolute atomic E-state index is 10.6. The van der Waals surface area contributed by atoms with Gasteiger partial charge in [0.25, 0.3) is 0 Å². The Hall–Kier alpha value is -1.86. The summed E-state index contributed by atoms with van der Waals surface area (Å²) in [7, 11) is 0. The van der Waals surface area contributed by atoms with E-state index < -0.39 is 0 Å². The Labute approximate surface area is 107 Å². The summed E-state index contributed by atoms with van der Waals surface area (Å²) in [5, 5.41) is 11.3. The van der Waals surface area contributed by atoms with Crippen LogP contribution in [0.1, 0.15) is 19.8 Å². The van der Waals surface area contributed by atoms with Crippen LogP contribution in [-0.4, -0.2) is 18.7 Å². The Kier molecular flexibility index (Phi) is 3.96. The summed E-state index contributed by atoms with van der Waals surface area (Å²) >= 11 is 0. The molecule has 1 saturated heterocycles. The number of nitrogens with zero attached hydrogens (tertiary/aromatic N) is 1. The molecule has 94 valence electrons. The van der Waals surface area contributed by atoms with Crippen LogP contribution in [0.4, 0.5) is 0 Å². The first kappa shape index (κ1) is 12.6. The number of carbonyl (C=O) groups excluding carboxylic acids is 1. The van der Waals surface area contributed by atoms with Crippen LogP contribution >= 0.6 is 0 Å². The molecule has 4 heteroatoms. The number of benzene rings is 1. The Morgan fingerprint density at radius 2 is 2.00 bits per heavy atom. The third kappa shape index (κ3) is 3.08. The maximum atomic E-state index is 10.6. The fourth-order valence-corrected chi connectivity index (χ4v) is 1.90. The van der Waals surface area contributed by atoms with Crippen LogP contribution in [0.5, 0.6) is 0 Å². The van der Waals surface area contributed by atoms with Crippen molar-refractivity contribution in [3.05, 3.63) is 24.3 Å². The molecule has 2 aliphatic carbocycles. The SMILES string of the molecule is CC(=O)NC1CC(C#N)CCO1.c1cc2ccc1-2. The van der Waals surface area contributed by atoms with Crippen LogP contribution in [0.3, 0.4) is 0 Å².